The van der Waals surface area contributed by atoms with Crippen LogP contribution < -0.4 is 10.6 Å². The molecular weight excluding hydrogens is 258 g/mol. The van der Waals surface area contributed by atoms with Crippen molar-refractivity contribution in [1.29, 1.82) is 0 Å². The first-order valence-corrected chi connectivity index (χ1v) is 5.71. The van der Waals surface area contributed by atoms with E-state index in [1.54, 1.807) is 19.3 Å². The van der Waals surface area contributed by atoms with Gasteiger partial charge in [0.05, 0.1) is 16.3 Å². The van der Waals surface area contributed by atoms with Gasteiger partial charge in [0.15, 0.2) is 0 Å². The Morgan fingerprint density at radius 2 is 2.33 bits per heavy atom. The second-order valence-corrected chi connectivity index (χ2v) is 4.19. The number of anilines is 1. The van der Waals surface area contributed by atoms with E-state index in [-0.39, 0.29) is 6.10 Å². The molecule has 0 fully saturated rings. The SMILES string of the molecule is CC(O)CNCCNc1ccncc1Br. The third-order valence-electron chi connectivity index (χ3n) is 1.83. The van der Waals surface area contributed by atoms with Crippen molar-refractivity contribution in [3.05, 3.63) is 22.9 Å². The third-order valence-corrected chi connectivity index (χ3v) is 2.46. The van der Waals surface area contributed by atoms with Gasteiger partial charge < -0.3 is 15.7 Å². The van der Waals surface area contributed by atoms with E-state index in [0.717, 1.165) is 23.2 Å². The van der Waals surface area contributed by atoms with Crippen molar-refractivity contribution in [2.24, 2.45) is 0 Å². The van der Waals surface area contributed by atoms with Gasteiger partial charge in [-0.25, -0.2) is 0 Å². The van der Waals surface area contributed by atoms with Crippen molar-refractivity contribution in [3.8, 4) is 0 Å². The molecule has 0 spiro atoms. The molecule has 1 heterocycles. The average molecular weight is 274 g/mol. The summed E-state index contributed by atoms with van der Waals surface area (Å²) in [7, 11) is 0. The molecule has 0 aromatic carbocycles. The van der Waals surface area contributed by atoms with Crippen LogP contribution in [0.2, 0.25) is 0 Å². The first-order chi connectivity index (χ1) is 7.20. The van der Waals surface area contributed by atoms with Gasteiger partial charge in [0.1, 0.15) is 0 Å². The summed E-state index contributed by atoms with van der Waals surface area (Å²) >= 11 is 3.40. The topological polar surface area (TPSA) is 57.2 Å². The first kappa shape index (κ1) is 12.4. The molecule has 0 saturated heterocycles. The highest BCUT2D eigenvalue weighted by Crippen LogP contribution is 2.19. The number of rotatable bonds is 6. The molecule has 0 bridgehead atoms. The van der Waals surface area contributed by atoms with Crippen molar-refractivity contribution >= 4 is 21.6 Å². The smallest absolute Gasteiger partial charge is 0.0636 e. The summed E-state index contributed by atoms with van der Waals surface area (Å²) in [5.41, 5.74) is 1.03. The molecule has 5 heteroatoms. The van der Waals surface area contributed by atoms with Gasteiger partial charge in [0.2, 0.25) is 0 Å². The van der Waals surface area contributed by atoms with E-state index < -0.39 is 0 Å². The van der Waals surface area contributed by atoms with Crippen LogP contribution in [0.1, 0.15) is 6.92 Å². The Balaban J connectivity index is 2.18. The molecular formula is C10H16BrN3O. The number of aliphatic hydroxyl groups excluding tert-OH is 1. The molecule has 4 nitrogen and oxygen atoms in total. The zero-order valence-electron chi connectivity index (χ0n) is 8.70. The Bertz CT molecular complexity index is 294. The molecule has 1 aromatic heterocycles. The van der Waals surface area contributed by atoms with Gasteiger partial charge in [0, 0.05) is 32.0 Å². The number of hydrogen-bond donors (Lipinski definition) is 3. The zero-order chi connectivity index (χ0) is 11.1. The second kappa shape index (κ2) is 6.76. The molecule has 0 radical (unpaired) electrons. The monoisotopic (exact) mass is 273 g/mol. The molecule has 0 aliphatic heterocycles. The van der Waals surface area contributed by atoms with Gasteiger partial charge in [-0.1, -0.05) is 0 Å². The zero-order valence-corrected chi connectivity index (χ0v) is 10.3. The van der Waals surface area contributed by atoms with Crippen LogP contribution in [0.15, 0.2) is 22.9 Å². The van der Waals surface area contributed by atoms with Crippen LogP contribution in [0.4, 0.5) is 5.69 Å². The van der Waals surface area contributed by atoms with Gasteiger partial charge in [-0.05, 0) is 28.9 Å². The molecule has 1 aromatic rings. The summed E-state index contributed by atoms with van der Waals surface area (Å²) in [5.74, 6) is 0. The fourth-order valence-electron chi connectivity index (χ4n) is 1.12. The molecule has 0 saturated carbocycles. The lowest BCUT2D eigenvalue weighted by molar-refractivity contribution is 0.192. The van der Waals surface area contributed by atoms with E-state index in [1.165, 1.54) is 0 Å². The summed E-state index contributed by atoms with van der Waals surface area (Å²) in [6.45, 7) is 4.02. The maximum absolute atomic E-state index is 9.01. The lowest BCUT2D eigenvalue weighted by atomic mass is 10.4. The summed E-state index contributed by atoms with van der Waals surface area (Å²) in [4.78, 5) is 3.98. The van der Waals surface area contributed by atoms with Crippen LogP contribution in [0.25, 0.3) is 0 Å². The van der Waals surface area contributed by atoms with Crippen molar-refractivity contribution in [2.45, 2.75) is 13.0 Å². The quantitative estimate of drug-likeness (QED) is 0.683. The van der Waals surface area contributed by atoms with Crippen LogP contribution in [0, 0.1) is 0 Å². The van der Waals surface area contributed by atoms with Crippen LogP contribution in [-0.4, -0.2) is 35.8 Å². The van der Waals surface area contributed by atoms with E-state index in [0.29, 0.717) is 6.54 Å². The van der Waals surface area contributed by atoms with Gasteiger partial charge in [-0.3, -0.25) is 4.98 Å². The van der Waals surface area contributed by atoms with E-state index in [1.807, 2.05) is 6.07 Å². The number of aromatic nitrogens is 1. The van der Waals surface area contributed by atoms with Crippen LogP contribution in [0.5, 0.6) is 0 Å². The molecule has 1 atom stereocenters. The summed E-state index contributed by atoms with van der Waals surface area (Å²) in [6, 6.07) is 1.92. The van der Waals surface area contributed by atoms with Crippen molar-refractivity contribution in [2.75, 3.05) is 25.0 Å². The summed E-state index contributed by atoms with van der Waals surface area (Å²) in [6.07, 6.45) is 3.21. The van der Waals surface area contributed by atoms with Crippen LogP contribution >= 0.6 is 15.9 Å². The molecule has 0 aliphatic carbocycles. The highest BCUT2D eigenvalue weighted by molar-refractivity contribution is 9.10. The molecule has 1 rings (SSSR count). The predicted molar refractivity (Wildman–Crippen MR) is 65.0 cm³/mol. The van der Waals surface area contributed by atoms with Crippen molar-refractivity contribution < 1.29 is 5.11 Å². The van der Waals surface area contributed by atoms with Gasteiger partial charge in [-0.15, -0.1) is 0 Å². The minimum absolute atomic E-state index is 0.294. The summed E-state index contributed by atoms with van der Waals surface area (Å²) < 4.78 is 0.959. The lowest BCUT2D eigenvalue weighted by Gasteiger charge is -2.09. The number of nitrogens with one attached hydrogen (secondary N) is 2. The van der Waals surface area contributed by atoms with E-state index in [4.69, 9.17) is 5.11 Å². The van der Waals surface area contributed by atoms with Crippen molar-refractivity contribution in [1.82, 2.24) is 10.3 Å². The largest absolute Gasteiger partial charge is 0.392 e. The van der Waals surface area contributed by atoms with Gasteiger partial charge >= 0.3 is 0 Å². The first-order valence-electron chi connectivity index (χ1n) is 4.92. The Kier molecular flexibility index (Phi) is 5.60. The van der Waals surface area contributed by atoms with Gasteiger partial charge in [-0.2, -0.15) is 0 Å². The number of nitrogens with zero attached hydrogens (tertiary/aromatic N) is 1. The molecule has 1 unspecified atom stereocenters. The number of halogens is 1. The molecule has 84 valence electrons. The Hall–Kier alpha value is -0.650. The number of hydrogen-bond acceptors (Lipinski definition) is 4. The number of pyridine rings is 1. The number of aliphatic hydroxyl groups is 1. The fourth-order valence-corrected chi connectivity index (χ4v) is 1.51. The maximum Gasteiger partial charge on any atom is 0.0636 e. The standard InChI is InChI=1S/C10H16BrN3O/c1-8(15)6-13-4-5-14-10-2-3-12-7-9(10)11/h2-3,7-8,13,15H,4-6H2,1H3,(H,12,14). The fraction of sp³-hybridized carbons (Fsp3) is 0.500. The van der Waals surface area contributed by atoms with E-state index in [2.05, 4.69) is 31.5 Å². The normalized spacial score (nSPS) is 12.5. The molecule has 3 N–H and O–H groups in total. The third kappa shape index (κ3) is 5.11. The Labute approximate surface area is 98.2 Å². The van der Waals surface area contributed by atoms with Crippen LogP contribution in [0.3, 0.4) is 0 Å². The Morgan fingerprint density at radius 3 is 3.00 bits per heavy atom. The maximum atomic E-state index is 9.01. The lowest BCUT2D eigenvalue weighted by Crippen LogP contribution is -2.28. The minimum Gasteiger partial charge on any atom is -0.392 e. The summed E-state index contributed by atoms with van der Waals surface area (Å²) in [5, 5.41) is 15.4. The highest BCUT2D eigenvalue weighted by atomic mass is 79.9. The molecule has 0 amide bonds. The minimum atomic E-state index is -0.294. The predicted octanol–water partition coefficient (Wildman–Crippen LogP) is 1.23. The molecule has 0 aliphatic rings. The average Bonchev–Trinajstić information content (AvgIpc) is 2.20. The Morgan fingerprint density at radius 1 is 1.53 bits per heavy atom. The second-order valence-electron chi connectivity index (χ2n) is 3.34. The highest BCUT2D eigenvalue weighted by Gasteiger charge is 1.97. The van der Waals surface area contributed by atoms with Crippen molar-refractivity contribution in [3.63, 3.8) is 0 Å². The molecule has 15 heavy (non-hydrogen) atoms. The van der Waals surface area contributed by atoms with Crippen LogP contribution in [-0.2, 0) is 0 Å². The van der Waals surface area contributed by atoms with Gasteiger partial charge in [0.25, 0.3) is 0 Å². The van der Waals surface area contributed by atoms with E-state index >= 15 is 0 Å². The van der Waals surface area contributed by atoms with E-state index in [9.17, 15) is 0 Å².